The minimum absolute atomic E-state index is 0.0905. The monoisotopic (exact) mass is 244 g/mol. The van der Waals surface area contributed by atoms with E-state index in [1.165, 1.54) is 12.8 Å². The highest BCUT2D eigenvalue weighted by Gasteiger charge is 2.29. The zero-order valence-electron chi connectivity index (χ0n) is 11.3. The average Bonchev–Trinajstić information content (AvgIpc) is 2.80. The molecule has 1 unspecified atom stereocenters. The van der Waals surface area contributed by atoms with Gasteiger partial charge in [-0.15, -0.1) is 0 Å². The summed E-state index contributed by atoms with van der Waals surface area (Å²) in [5.41, 5.74) is -0.285. The first-order valence-electron chi connectivity index (χ1n) is 6.95. The molecule has 0 aromatic carbocycles. The Hall–Kier alpha value is -0.120. The molecule has 0 bridgehead atoms. The van der Waals surface area contributed by atoms with Gasteiger partial charge < -0.3 is 14.9 Å². The Morgan fingerprint density at radius 1 is 1.29 bits per heavy atom. The fourth-order valence-corrected chi connectivity index (χ4v) is 2.88. The maximum absolute atomic E-state index is 9.53. The quantitative estimate of drug-likeness (QED) is 0.689. The summed E-state index contributed by atoms with van der Waals surface area (Å²) in [4.78, 5) is 0. The van der Waals surface area contributed by atoms with Crippen molar-refractivity contribution in [2.75, 3.05) is 19.8 Å². The van der Waals surface area contributed by atoms with Gasteiger partial charge >= 0.3 is 0 Å². The molecule has 0 amide bonds. The van der Waals surface area contributed by atoms with Crippen molar-refractivity contribution in [1.29, 1.82) is 0 Å². The second-order valence-corrected chi connectivity index (χ2v) is 5.94. The van der Waals surface area contributed by atoms with Crippen molar-refractivity contribution >= 4 is 0 Å². The van der Waals surface area contributed by atoms with E-state index in [2.05, 4.69) is 13.8 Å². The minimum Gasteiger partial charge on any atom is -0.396 e. The third-order valence-electron chi connectivity index (χ3n) is 3.77. The summed E-state index contributed by atoms with van der Waals surface area (Å²) in [6.45, 7) is 5.36. The Balaban J connectivity index is 2.32. The van der Waals surface area contributed by atoms with Crippen LogP contribution >= 0.6 is 0 Å². The molecule has 2 N–H and O–H groups in total. The molecular formula is C14H28O3. The van der Waals surface area contributed by atoms with Gasteiger partial charge in [-0.1, -0.05) is 20.3 Å². The maximum atomic E-state index is 9.53. The van der Waals surface area contributed by atoms with Gasteiger partial charge in [0.1, 0.15) is 0 Å². The molecule has 0 aromatic rings. The van der Waals surface area contributed by atoms with Crippen molar-refractivity contribution in [3.63, 3.8) is 0 Å². The van der Waals surface area contributed by atoms with Gasteiger partial charge in [-0.05, 0) is 38.0 Å². The summed E-state index contributed by atoms with van der Waals surface area (Å²) in [6.07, 6.45) is 6.68. The van der Waals surface area contributed by atoms with Crippen molar-refractivity contribution in [3.8, 4) is 0 Å². The fraction of sp³-hybridized carbons (Fsp3) is 1.00. The summed E-state index contributed by atoms with van der Waals surface area (Å²) in [5.74, 6) is 0.511. The first-order valence-corrected chi connectivity index (χ1v) is 6.95. The molecule has 3 nitrogen and oxygen atoms in total. The highest BCUT2D eigenvalue weighted by Crippen LogP contribution is 2.32. The molecule has 3 heteroatoms. The number of hydrogen-bond acceptors (Lipinski definition) is 3. The standard InChI is InChI=1S/C14H28O3/c1-12(2)9-14(10-15,11-16)7-3-5-13-6-4-8-17-13/h12-13,15-16H,3-11H2,1-2H3. The van der Waals surface area contributed by atoms with Crippen LogP contribution in [0.15, 0.2) is 0 Å². The highest BCUT2D eigenvalue weighted by atomic mass is 16.5. The van der Waals surface area contributed by atoms with Crippen LogP contribution in [0.4, 0.5) is 0 Å². The van der Waals surface area contributed by atoms with Gasteiger partial charge in [0.25, 0.3) is 0 Å². The van der Waals surface area contributed by atoms with Crippen molar-refractivity contribution in [1.82, 2.24) is 0 Å². The third-order valence-corrected chi connectivity index (χ3v) is 3.77. The zero-order chi connectivity index (χ0) is 12.7. The lowest BCUT2D eigenvalue weighted by atomic mass is 9.77. The summed E-state index contributed by atoms with van der Waals surface area (Å²) in [6, 6.07) is 0. The first-order chi connectivity index (χ1) is 8.12. The van der Waals surface area contributed by atoms with Crippen LogP contribution in [0.3, 0.4) is 0 Å². The SMILES string of the molecule is CC(C)CC(CO)(CO)CCCC1CCCO1. The number of hydrogen-bond donors (Lipinski definition) is 2. The maximum Gasteiger partial charge on any atom is 0.0576 e. The van der Waals surface area contributed by atoms with Crippen LogP contribution in [0.5, 0.6) is 0 Å². The van der Waals surface area contributed by atoms with Gasteiger partial charge in [0.15, 0.2) is 0 Å². The Bertz CT molecular complexity index is 194. The Morgan fingerprint density at radius 2 is 2.00 bits per heavy atom. The highest BCUT2D eigenvalue weighted by molar-refractivity contribution is 4.80. The molecular weight excluding hydrogens is 216 g/mol. The Morgan fingerprint density at radius 3 is 2.47 bits per heavy atom. The zero-order valence-corrected chi connectivity index (χ0v) is 11.3. The van der Waals surface area contributed by atoms with Crippen molar-refractivity contribution < 1.29 is 14.9 Å². The van der Waals surface area contributed by atoms with Gasteiger partial charge in [0.2, 0.25) is 0 Å². The molecule has 0 aliphatic carbocycles. The van der Waals surface area contributed by atoms with E-state index < -0.39 is 0 Å². The van der Waals surface area contributed by atoms with Crippen LogP contribution in [0.1, 0.15) is 52.4 Å². The van der Waals surface area contributed by atoms with Gasteiger partial charge in [-0.25, -0.2) is 0 Å². The van der Waals surface area contributed by atoms with E-state index in [-0.39, 0.29) is 18.6 Å². The van der Waals surface area contributed by atoms with Crippen LogP contribution in [0, 0.1) is 11.3 Å². The van der Waals surface area contributed by atoms with Crippen molar-refractivity contribution in [2.45, 2.75) is 58.5 Å². The largest absolute Gasteiger partial charge is 0.396 e. The summed E-state index contributed by atoms with van der Waals surface area (Å²) in [7, 11) is 0. The predicted octanol–water partition coefficient (Wildman–Crippen LogP) is 2.35. The number of aliphatic hydroxyl groups excluding tert-OH is 2. The van der Waals surface area contributed by atoms with E-state index in [1.54, 1.807) is 0 Å². The van der Waals surface area contributed by atoms with Gasteiger partial charge in [-0.3, -0.25) is 0 Å². The van der Waals surface area contributed by atoms with E-state index >= 15 is 0 Å². The topological polar surface area (TPSA) is 49.7 Å². The molecule has 1 fully saturated rings. The molecule has 0 saturated carbocycles. The molecule has 1 atom stereocenters. The van der Waals surface area contributed by atoms with Crippen LogP contribution < -0.4 is 0 Å². The second-order valence-electron chi connectivity index (χ2n) is 5.94. The summed E-state index contributed by atoms with van der Waals surface area (Å²) in [5, 5.41) is 19.1. The molecule has 0 aromatic heterocycles. The molecule has 17 heavy (non-hydrogen) atoms. The summed E-state index contributed by atoms with van der Waals surface area (Å²) < 4.78 is 5.59. The lowest BCUT2D eigenvalue weighted by molar-refractivity contribution is 0.0227. The lowest BCUT2D eigenvalue weighted by Crippen LogP contribution is -2.31. The predicted molar refractivity (Wildman–Crippen MR) is 68.9 cm³/mol. The smallest absolute Gasteiger partial charge is 0.0576 e. The van der Waals surface area contributed by atoms with E-state index in [9.17, 15) is 10.2 Å². The second kappa shape index (κ2) is 7.34. The molecule has 1 saturated heterocycles. The van der Waals surface area contributed by atoms with Gasteiger partial charge in [0, 0.05) is 12.0 Å². The van der Waals surface area contributed by atoms with Gasteiger partial charge in [0.05, 0.1) is 19.3 Å². The molecule has 0 radical (unpaired) electrons. The Kier molecular flexibility index (Phi) is 6.45. The van der Waals surface area contributed by atoms with E-state index in [4.69, 9.17) is 4.74 Å². The summed E-state index contributed by atoms with van der Waals surface area (Å²) >= 11 is 0. The fourth-order valence-electron chi connectivity index (χ4n) is 2.88. The van der Waals surface area contributed by atoms with Crippen LogP contribution in [-0.4, -0.2) is 36.1 Å². The van der Waals surface area contributed by atoms with E-state index in [1.807, 2.05) is 0 Å². The van der Waals surface area contributed by atoms with Crippen molar-refractivity contribution in [3.05, 3.63) is 0 Å². The van der Waals surface area contributed by atoms with E-state index in [0.717, 1.165) is 32.3 Å². The van der Waals surface area contributed by atoms with Crippen molar-refractivity contribution in [2.24, 2.45) is 11.3 Å². The first kappa shape index (κ1) is 14.9. The minimum atomic E-state index is -0.285. The number of aliphatic hydroxyl groups is 2. The van der Waals surface area contributed by atoms with Crippen LogP contribution in [0.2, 0.25) is 0 Å². The number of ether oxygens (including phenoxy) is 1. The van der Waals surface area contributed by atoms with Crippen LogP contribution in [-0.2, 0) is 4.74 Å². The Labute approximate surface area is 105 Å². The molecule has 1 aliphatic heterocycles. The molecule has 1 aliphatic rings. The lowest BCUT2D eigenvalue weighted by Gasteiger charge is -2.32. The normalized spacial score (nSPS) is 21.4. The molecule has 102 valence electrons. The van der Waals surface area contributed by atoms with E-state index in [0.29, 0.717) is 12.0 Å². The molecule has 1 rings (SSSR count). The van der Waals surface area contributed by atoms with Crippen LogP contribution in [0.25, 0.3) is 0 Å². The number of rotatable bonds is 8. The molecule has 1 heterocycles. The third kappa shape index (κ3) is 4.94. The van der Waals surface area contributed by atoms with Gasteiger partial charge in [-0.2, -0.15) is 0 Å². The average molecular weight is 244 g/mol. The molecule has 0 spiro atoms.